The maximum atomic E-state index is 11.1. The average Bonchev–Trinajstić information content (AvgIpc) is 2.25. The van der Waals surface area contributed by atoms with Gasteiger partial charge in [-0.05, 0) is 33.4 Å². The number of rotatable bonds is 10. The van der Waals surface area contributed by atoms with Gasteiger partial charge in [0.25, 0.3) is 0 Å². The van der Waals surface area contributed by atoms with Crippen LogP contribution in [-0.2, 0) is 19.4 Å². The Morgan fingerprint density at radius 2 is 1.83 bits per heavy atom. The molecule has 0 bridgehead atoms. The van der Waals surface area contributed by atoms with Crippen molar-refractivity contribution in [2.24, 2.45) is 0 Å². The molecule has 108 valence electrons. The number of nitrogens with zero attached hydrogens (tertiary/aromatic N) is 1. The third-order valence-electron chi connectivity index (χ3n) is 2.57. The summed E-state index contributed by atoms with van der Waals surface area (Å²) in [6.07, 6.45) is 4.49. The molecule has 0 radical (unpaired) electrons. The minimum Gasteiger partial charge on any atom is -0.466 e. The molecule has 0 aliphatic heterocycles. The lowest BCUT2D eigenvalue weighted by molar-refractivity contribution is -0.143. The van der Waals surface area contributed by atoms with Crippen molar-refractivity contribution in [2.75, 3.05) is 38.8 Å². The zero-order valence-corrected chi connectivity index (χ0v) is 12.5. The van der Waals surface area contributed by atoms with Gasteiger partial charge in [-0.3, -0.25) is 4.79 Å². The monoisotopic (exact) mass is 279 g/mol. The van der Waals surface area contributed by atoms with E-state index in [0.717, 1.165) is 25.8 Å². The Labute approximate surface area is 110 Å². The lowest BCUT2D eigenvalue weighted by atomic mass is 10.2. The Balaban J connectivity index is 3.46. The number of hydrogen-bond acceptors (Lipinski definition) is 5. The lowest BCUT2D eigenvalue weighted by Crippen LogP contribution is -2.26. The third-order valence-corrected chi connectivity index (χ3v) is 3.49. The second-order valence-electron chi connectivity index (χ2n) is 4.55. The van der Waals surface area contributed by atoms with E-state index >= 15 is 0 Å². The molecule has 0 heterocycles. The minimum atomic E-state index is -2.87. The van der Waals surface area contributed by atoms with Crippen LogP contribution in [-0.4, -0.2) is 58.0 Å². The van der Waals surface area contributed by atoms with Gasteiger partial charge in [-0.25, -0.2) is 8.42 Å². The molecule has 0 aromatic heterocycles. The van der Waals surface area contributed by atoms with Crippen LogP contribution in [0.25, 0.3) is 0 Å². The minimum absolute atomic E-state index is 0.136. The van der Waals surface area contributed by atoms with Gasteiger partial charge in [0.15, 0.2) is 0 Å². The molecule has 0 aliphatic rings. The number of carbonyl (C=O) groups excluding carboxylic acids is 1. The van der Waals surface area contributed by atoms with Gasteiger partial charge in [0.2, 0.25) is 0 Å². The van der Waals surface area contributed by atoms with E-state index in [9.17, 15) is 13.2 Å². The van der Waals surface area contributed by atoms with Crippen molar-refractivity contribution in [1.29, 1.82) is 0 Å². The summed E-state index contributed by atoms with van der Waals surface area (Å²) >= 11 is 0. The fourth-order valence-corrected chi connectivity index (χ4v) is 2.14. The fourth-order valence-electron chi connectivity index (χ4n) is 1.49. The summed E-state index contributed by atoms with van der Waals surface area (Å²) in [5.74, 6) is 0.0645. The Morgan fingerprint density at radius 1 is 1.17 bits per heavy atom. The first-order valence-electron chi connectivity index (χ1n) is 6.37. The molecule has 6 heteroatoms. The molecule has 0 saturated heterocycles. The summed E-state index contributed by atoms with van der Waals surface area (Å²) < 4.78 is 26.8. The second kappa shape index (κ2) is 9.33. The van der Waals surface area contributed by atoms with Gasteiger partial charge in [-0.2, -0.15) is 0 Å². The molecule has 0 unspecified atom stereocenters. The van der Waals surface area contributed by atoms with E-state index < -0.39 is 9.84 Å². The molecular formula is C12H25NO4S. The van der Waals surface area contributed by atoms with Crippen LogP contribution in [0.15, 0.2) is 0 Å². The summed E-state index contributed by atoms with van der Waals surface area (Å²) in [6, 6.07) is 0. The maximum absolute atomic E-state index is 11.1. The highest BCUT2D eigenvalue weighted by molar-refractivity contribution is 7.90. The molecule has 0 aromatic rings. The van der Waals surface area contributed by atoms with Gasteiger partial charge in [0.1, 0.15) is 9.84 Å². The molecule has 0 amide bonds. The molecular weight excluding hydrogens is 254 g/mol. The van der Waals surface area contributed by atoms with E-state index in [1.807, 2.05) is 11.9 Å². The van der Waals surface area contributed by atoms with Crippen LogP contribution in [0, 0.1) is 0 Å². The molecule has 0 rings (SSSR count). The topological polar surface area (TPSA) is 63.7 Å². The highest BCUT2D eigenvalue weighted by atomic mass is 32.2. The smallest absolute Gasteiger partial charge is 0.305 e. The van der Waals surface area contributed by atoms with Crippen molar-refractivity contribution >= 4 is 15.8 Å². The molecule has 0 fully saturated rings. The van der Waals surface area contributed by atoms with Crippen LogP contribution < -0.4 is 0 Å². The number of sulfone groups is 1. The maximum Gasteiger partial charge on any atom is 0.305 e. The summed E-state index contributed by atoms with van der Waals surface area (Å²) in [4.78, 5) is 13.1. The van der Waals surface area contributed by atoms with E-state index in [4.69, 9.17) is 4.74 Å². The van der Waals surface area contributed by atoms with E-state index in [0.29, 0.717) is 19.6 Å². The molecule has 0 aliphatic carbocycles. The van der Waals surface area contributed by atoms with Crippen LogP contribution in [0.5, 0.6) is 0 Å². The van der Waals surface area contributed by atoms with Crippen molar-refractivity contribution in [3.63, 3.8) is 0 Å². The van der Waals surface area contributed by atoms with Gasteiger partial charge in [0, 0.05) is 19.2 Å². The third kappa shape index (κ3) is 11.9. The normalized spacial score (nSPS) is 11.8. The highest BCUT2D eigenvalue weighted by Crippen LogP contribution is 2.02. The highest BCUT2D eigenvalue weighted by Gasteiger charge is 2.05. The van der Waals surface area contributed by atoms with Crippen molar-refractivity contribution in [3.8, 4) is 0 Å². The number of hydrogen-bond donors (Lipinski definition) is 0. The van der Waals surface area contributed by atoms with Crippen LogP contribution in [0.1, 0.15) is 32.6 Å². The summed E-state index contributed by atoms with van der Waals surface area (Å²) in [7, 11) is -0.962. The van der Waals surface area contributed by atoms with Gasteiger partial charge in [-0.1, -0.05) is 6.42 Å². The number of unbranched alkanes of at least 4 members (excludes halogenated alkanes) is 2. The lowest BCUT2D eigenvalue weighted by Gasteiger charge is -2.15. The van der Waals surface area contributed by atoms with E-state index in [2.05, 4.69) is 0 Å². The zero-order chi connectivity index (χ0) is 14.0. The van der Waals surface area contributed by atoms with Crippen LogP contribution in [0.3, 0.4) is 0 Å². The van der Waals surface area contributed by atoms with Crippen molar-refractivity contribution < 1.29 is 17.9 Å². The Hall–Kier alpha value is -0.620. The van der Waals surface area contributed by atoms with E-state index in [1.54, 1.807) is 6.92 Å². The van der Waals surface area contributed by atoms with Crippen LogP contribution in [0.2, 0.25) is 0 Å². The van der Waals surface area contributed by atoms with Crippen molar-refractivity contribution in [3.05, 3.63) is 0 Å². The Morgan fingerprint density at radius 3 is 2.39 bits per heavy atom. The average molecular weight is 279 g/mol. The zero-order valence-electron chi connectivity index (χ0n) is 11.6. The first kappa shape index (κ1) is 17.4. The van der Waals surface area contributed by atoms with Crippen molar-refractivity contribution in [2.45, 2.75) is 32.6 Å². The molecule has 0 atom stereocenters. The molecule has 0 saturated carbocycles. The largest absolute Gasteiger partial charge is 0.466 e. The first-order valence-corrected chi connectivity index (χ1v) is 8.43. The molecule has 0 N–H and O–H groups in total. The number of ether oxygens (including phenoxy) is 1. The fraction of sp³-hybridized carbons (Fsp3) is 0.917. The molecule has 0 spiro atoms. The number of carbonyl (C=O) groups is 1. The second-order valence-corrected chi connectivity index (χ2v) is 6.81. The predicted molar refractivity (Wildman–Crippen MR) is 72.3 cm³/mol. The first-order chi connectivity index (χ1) is 8.35. The van der Waals surface area contributed by atoms with Gasteiger partial charge >= 0.3 is 5.97 Å². The van der Waals surface area contributed by atoms with E-state index in [-0.39, 0.29) is 11.7 Å². The van der Waals surface area contributed by atoms with Crippen LogP contribution in [0.4, 0.5) is 0 Å². The summed E-state index contributed by atoms with van der Waals surface area (Å²) in [5, 5.41) is 0. The van der Waals surface area contributed by atoms with Gasteiger partial charge in [-0.15, -0.1) is 0 Å². The SMILES string of the molecule is CCOC(=O)CCCCCN(C)CCS(C)(=O)=O. The Kier molecular flexibility index (Phi) is 9.01. The molecule has 18 heavy (non-hydrogen) atoms. The number of esters is 1. The Bertz CT molecular complexity index is 327. The summed E-state index contributed by atoms with van der Waals surface area (Å²) in [5.41, 5.74) is 0. The quantitative estimate of drug-likeness (QED) is 0.442. The van der Waals surface area contributed by atoms with E-state index in [1.165, 1.54) is 6.26 Å². The van der Waals surface area contributed by atoms with Gasteiger partial charge < -0.3 is 9.64 Å². The van der Waals surface area contributed by atoms with Gasteiger partial charge in [0.05, 0.1) is 12.4 Å². The summed E-state index contributed by atoms with van der Waals surface area (Å²) in [6.45, 7) is 3.66. The molecule has 5 nitrogen and oxygen atoms in total. The van der Waals surface area contributed by atoms with Crippen molar-refractivity contribution in [1.82, 2.24) is 4.90 Å². The molecule has 0 aromatic carbocycles. The standard InChI is InChI=1S/C12H25NO4S/c1-4-17-12(14)8-6-5-7-9-13(2)10-11-18(3,15)16/h4-11H2,1-3H3. The van der Waals surface area contributed by atoms with Crippen LogP contribution >= 0.6 is 0 Å². The predicted octanol–water partition coefficient (Wildman–Crippen LogP) is 1.09.